The molecule has 5 nitrogen and oxygen atoms in total. The van der Waals surface area contributed by atoms with Gasteiger partial charge in [0.25, 0.3) is 0 Å². The van der Waals surface area contributed by atoms with Crippen molar-refractivity contribution in [3.05, 3.63) is 82.9 Å². The first-order chi connectivity index (χ1) is 13.6. The van der Waals surface area contributed by atoms with E-state index < -0.39 is 0 Å². The van der Waals surface area contributed by atoms with Gasteiger partial charge in [0.15, 0.2) is 0 Å². The molecule has 0 aliphatic heterocycles. The van der Waals surface area contributed by atoms with Crippen LogP contribution in [0.15, 0.2) is 49.2 Å². The maximum atomic E-state index is 13.3. The highest BCUT2D eigenvalue weighted by molar-refractivity contribution is 5.80. The first-order valence-corrected chi connectivity index (χ1v) is 9.16. The lowest BCUT2D eigenvalue weighted by molar-refractivity contribution is 0.406. The highest BCUT2D eigenvalue weighted by Gasteiger charge is 2.11. The van der Waals surface area contributed by atoms with Crippen LogP contribution < -0.4 is 4.74 Å². The second kappa shape index (κ2) is 7.76. The number of fused-ring (bicyclic) bond motifs is 1. The van der Waals surface area contributed by atoms with E-state index in [4.69, 9.17) is 4.74 Å². The lowest BCUT2D eigenvalue weighted by Crippen LogP contribution is -2.01. The molecule has 4 rings (SSSR count). The standard InChI is InChI=1S/C22H21FN4O/c1-14-5-19-17(12-27-22(19)26-9-14)6-16-8-21(28-2)20(25-11-16)4-3-15-7-18(23)13-24-10-15/h5,7-13H,3-4,6H2,1-2H3,(H,26,27). The molecule has 4 aromatic heterocycles. The van der Waals surface area contributed by atoms with Crippen LogP contribution in [0.2, 0.25) is 0 Å². The zero-order valence-corrected chi connectivity index (χ0v) is 15.9. The number of nitrogens with one attached hydrogen (secondary N) is 1. The third kappa shape index (κ3) is 3.86. The third-order valence-corrected chi connectivity index (χ3v) is 4.77. The summed E-state index contributed by atoms with van der Waals surface area (Å²) in [6.07, 6.45) is 10.7. The van der Waals surface area contributed by atoms with Crippen molar-refractivity contribution >= 4 is 11.0 Å². The number of methoxy groups -OCH3 is 1. The zero-order chi connectivity index (χ0) is 19.5. The van der Waals surface area contributed by atoms with Gasteiger partial charge in [0.05, 0.1) is 19.0 Å². The Morgan fingerprint density at radius 2 is 1.89 bits per heavy atom. The summed E-state index contributed by atoms with van der Waals surface area (Å²) in [5, 5.41) is 1.13. The number of hydrogen-bond acceptors (Lipinski definition) is 4. The highest BCUT2D eigenvalue weighted by atomic mass is 19.1. The largest absolute Gasteiger partial charge is 0.495 e. The monoisotopic (exact) mass is 376 g/mol. The molecule has 6 heteroatoms. The summed E-state index contributed by atoms with van der Waals surface area (Å²) < 4.78 is 18.8. The van der Waals surface area contributed by atoms with Gasteiger partial charge < -0.3 is 9.72 Å². The molecule has 0 saturated carbocycles. The van der Waals surface area contributed by atoms with Gasteiger partial charge in [0, 0.05) is 36.6 Å². The van der Waals surface area contributed by atoms with Gasteiger partial charge in [-0.15, -0.1) is 0 Å². The summed E-state index contributed by atoms with van der Waals surface area (Å²) in [7, 11) is 1.65. The summed E-state index contributed by atoms with van der Waals surface area (Å²) in [6.45, 7) is 2.04. The first kappa shape index (κ1) is 18.1. The van der Waals surface area contributed by atoms with Crippen LogP contribution in [0, 0.1) is 12.7 Å². The Morgan fingerprint density at radius 1 is 1.00 bits per heavy atom. The van der Waals surface area contributed by atoms with E-state index in [1.54, 1.807) is 13.3 Å². The van der Waals surface area contributed by atoms with Crippen molar-refractivity contribution in [2.45, 2.75) is 26.2 Å². The van der Waals surface area contributed by atoms with E-state index in [-0.39, 0.29) is 5.82 Å². The van der Waals surface area contributed by atoms with Crippen LogP contribution in [-0.2, 0) is 19.3 Å². The van der Waals surface area contributed by atoms with Gasteiger partial charge >= 0.3 is 0 Å². The lowest BCUT2D eigenvalue weighted by atomic mass is 10.0. The van der Waals surface area contributed by atoms with Gasteiger partial charge in [-0.05, 0) is 60.2 Å². The minimum atomic E-state index is -0.323. The molecule has 0 aliphatic carbocycles. The second-order valence-corrected chi connectivity index (χ2v) is 6.90. The zero-order valence-electron chi connectivity index (χ0n) is 15.9. The average Bonchev–Trinajstić information content (AvgIpc) is 3.09. The second-order valence-electron chi connectivity index (χ2n) is 6.90. The Labute approximate surface area is 162 Å². The normalized spacial score (nSPS) is 11.1. The van der Waals surface area contributed by atoms with E-state index in [9.17, 15) is 4.39 Å². The number of pyridine rings is 3. The number of H-pyrrole nitrogens is 1. The maximum Gasteiger partial charge on any atom is 0.141 e. The quantitative estimate of drug-likeness (QED) is 0.548. The topological polar surface area (TPSA) is 63.7 Å². The van der Waals surface area contributed by atoms with Gasteiger partial charge in [0.2, 0.25) is 0 Å². The smallest absolute Gasteiger partial charge is 0.141 e. The van der Waals surface area contributed by atoms with Crippen LogP contribution in [-0.4, -0.2) is 27.0 Å². The molecule has 142 valence electrons. The Hall–Kier alpha value is -3.28. The number of ether oxygens (including phenoxy) is 1. The maximum absolute atomic E-state index is 13.3. The first-order valence-electron chi connectivity index (χ1n) is 9.16. The minimum Gasteiger partial charge on any atom is -0.495 e. The van der Waals surface area contributed by atoms with Crippen LogP contribution >= 0.6 is 0 Å². The lowest BCUT2D eigenvalue weighted by Gasteiger charge is -2.10. The van der Waals surface area contributed by atoms with E-state index in [0.29, 0.717) is 12.8 Å². The predicted octanol–water partition coefficient (Wildman–Crippen LogP) is 4.19. The SMILES string of the molecule is COc1cc(Cc2c[nH]c3ncc(C)cc23)cnc1CCc1cncc(F)c1. The van der Waals surface area contributed by atoms with E-state index in [0.717, 1.165) is 45.6 Å². The summed E-state index contributed by atoms with van der Waals surface area (Å²) >= 11 is 0. The van der Waals surface area contributed by atoms with Crippen molar-refractivity contribution in [1.82, 2.24) is 19.9 Å². The predicted molar refractivity (Wildman–Crippen MR) is 106 cm³/mol. The van der Waals surface area contributed by atoms with Crippen molar-refractivity contribution in [3.8, 4) is 5.75 Å². The Kier molecular flexibility index (Phi) is 5.02. The fraction of sp³-hybridized carbons (Fsp3) is 0.227. The van der Waals surface area contributed by atoms with Gasteiger partial charge in [-0.2, -0.15) is 0 Å². The molecule has 0 spiro atoms. The summed E-state index contributed by atoms with van der Waals surface area (Å²) in [5.74, 6) is 0.423. The van der Waals surface area contributed by atoms with Crippen LogP contribution in [0.5, 0.6) is 5.75 Å². The van der Waals surface area contributed by atoms with E-state index in [1.165, 1.54) is 17.8 Å². The molecule has 1 N–H and O–H groups in total. The highest BCUT2D eigenvalue weighted by Crippen LogP contribution is 2.24. The third-order valence-electron chi connectivity index (χ3n) is 4.77. The van der Waals surface area contributed by atoms with E-state index in [2.05, 4.69) is 26.0 Å². The molecular formula is C22H21FN4O. The number of rotatable bonds is 6. The van der Waals surface area contributed by atoms with E-state index in [1.807, 2.05) is 31.6 Å². The minimum absolute atomic E-state index is 0.323. The fourth-order valence-corrected chi connectivity index (χ4v) is 3.36. The summed E-state index contributed by atoms with van der Waals surface area (Å²) in [6, 6.07) is 5.66. The van der Waals surface area contributed by atoms with E-state index >= 15 is 0 Å². The number of aromatic amines is 1. The van der Waals surface area contributed by atoms with Crippen LogP contribution in [0.25, 0.3) is 11.0 Å². The van der Waals surface area contributed by atoms with Gasteiger partial charge in [-0.25, -0.2) is 9.37 Å². The molecule has 0 unspecified atom stereocenters. The molecule has 0 amide bonds. The Morgan fingerprint density at radius 3 is 2.71 bits per heavy atom. The molecule has 0 aliphatic rings. The average molecular weight is 376 g/mol. The van der Waals surface area contributed by atoms with Gasteiger partial charge in [0.1, 0.15) is 17.2 Å². The molecule has 0 radical (unpaired) electrons. The van der Waals surface area contributed by atoms with Crippen LogP contribution in [0.4, 0.5) is 4.39 Å². The van der Waals surface area contributed by atoms with Crippen molar-refractivity contribution in [2.75, 3.05) is 7.11 Å². The molecule has 0 aromatic carbocycles. The summed E-state index contributed by atoms with van der Waals surface area (Å²) in [5.41, 5.74) is 5.96. The van der Waals surface area contributed by atoms with Crippen LogP contribution in [0.3, 0.4) is 0 Å². The fourth-order valence-electron chi connectivity index (χ4n) is 3.36. The van der Waals surface area contributed by atoms with Crippen molar-refractivity contribution in [3.63, 3.8) is 0 Å². The molecule has 4 heterocycles. The summed E-state index contributed by atoms with van der Waals surface area (Å²) in [4.78, 5) is 16.1. The van der Waals surface area contributed by atoms with Gasteiger partial charge in [-0.1, -0.05) is 0 Å². The number of hydrogen-bond donors (Lipinski definition) is 1. The number of nitrogens with zero attached hydrogens (tertiary/aromatic N) is 3. The van der Waals surface area contributed by atoms with Crippen molar-refractivity contribution in [2.24, 2.45) is 0 Å². The van der Waals surface area contributed by atoms with Gasteiger partial charge in [-0.3, -0.25) is 9.97 Å². The number of halogens is 1. The van der Waals surface area contributed by atoms with Crippen molar-refractivity contribution in [1.29, 1.82) is 0 Å². The number of aromatic nitrogens is 4. The molecule has 0 atom stereocenters. The van der Waals surface area contributed by atoms with Crippen molar-refractivity contribution < 1.29 is 9.13 Å². The Bertz CT molecular complexity index is 1120. The molecule has 28 heavy (non-hydrogen) atoms. The molecule has 4 aromatic rings. The van der Waals surface area contributed by atoms with Crippen LogP contribution in [0.1, 0.15) is 27.9 Å². The molecular weight excluding hydrogens is 355 g/mol. The molecule has 0 saturated heterocycles. The Balaban J connectivity index is 1.53. The number of aryl methyl sites for hydroxylation is 3. The molecule has 0 bridgehead atoms. The molecule has 0 fully saturated rings.